The molecule has 3 aromatic heterocycles. The van der Waals surface area contributed by atoms with E-state index >= 15 is 0 Å². The number of pyridine rings is 3. The van der Waals surface area contributed by atoms with Gasteiger partial charge >= 0.3 is 20.1 Å². The molecular formula is C46H41FIrN3. The molecule has 0 fully saturated rings. The zero-order valence-electron chi connectivity index (χ0n) is 39.2. The largest absolute Gasteiger partial charge is 3.00 e. The predicted octanol–water partition coefficient (Wildman–Crippen LogP) is 11.7. The first-order valence-corrected chi connectivity index (χ1v) is 15.7. The second kappa shape index (κ2) is 18.8. The van der Waals surface area contributed by atoms with Crippen LogP contribution >= 0.6 is 0 Å². The van der Waals surface area contributed by atoms with Gasteiger partial charge in [-0.05, 0) is 76.5 Å². The van der Waals surface area contributed by atoms with E-state index in [9.17, 15) is 4.39 Å². The average Bonchev–Trinajstić information content (AvgIpc) is 3.22. The number of aryl methyl sites for hydroxylation is 2. The molecule has 5 heteroatoms. The molecule has 51 heavy (non-hydrogen) atoms. The summed E-state index contributed by atoms with van der Waals surface area (Å²) in [6, 6.07) is 38.4. The zero-order valence-corrected chi connectivity index (χ0v) is 30.6. The van der Waals surface area contributed by atoms with E-state index in [4.69, 9.17) is 15.1 Å². The van der Waals surface area contributed by atoms with E-state index in [0.29, 0.717) is 5.56 Å². The first kappa shape index (κ1) is 25.8. The molecule has 0 spiro atoms. The van der Waals surface area contributed by atoms with Crippen LogP contribution in [0.2, 0.25) is 0 Å². The Kier molecular flexibility index (Phi) is 9.50. The van der Waals surface area contributed by atoms with Crippen LogP contribution in [0, 0.1) is 43.1 Å². The van der Waals surface area contributed by atoms with Gasteiger partial charge in [0.05, 0.1) is 4.11 Å². The summed E-state index contributed by atoms with van der Waals surface area (Å²) >= 11 is 0. The molecule has 0 amide bonds. The number of nitrogens with zero attached hydrogens (tertiary/aromatic N) is 3. The molecule has 0 radical (unpaired) electrons. The van der Waals surface area contributed by atoms with Crippen LogP contribution in [0.5, 0.6) is 0 Å². The quantitative estimate of drug-likeness (QED) is 0.162. The van der Waals surface area contributed by atoms with Gasteiger partial charge in [-0.15, -0.1) is 102 Å². The molecule has 0 aliphatic rings. The fourth-order valence-corrected chi connectivity index (χ4v) is 4.51. The van der Waals surface area contributed by atoms with Crippen LogP contribution in [0.25, 0.3) is 44.9 Å². The number of hydrogen-bond donors (Lipinski definition) is 0. The van der Waals surface area contributed by atoms with Crippen LogP contribution in [0.3, 0.4) is 0 Å². The van der Waals surface area contributed by atoms with Crippen molar-refractivity contribution in [2.45, 2.75) is 40.8 Å². The fourth-order valence-electron chi connectivity index (χ4n) is 4.51. The summed E-state index contributed by atoms with van der Waals surface area (Å²) in [4.78, 5) is 12.4. The zero-order chi connectivity index (χ0) is 44.8. The van der Waals surface area contributed by atoms with Gasteiger partial charge in [-0.1, -0.05) is 75.3 Å². The normalized spacial score (nSPS) is 14.4. The Morgan fingerprint density at radius 2 is 1.37 bits per heavy atom. The van der Waals surface area contributed by atoms with Crippen molar-refractivity contribution in [1.29, 1.82) is 0 Å². The van der Waals surface area contributed by atoms with Gasteiger partial charge in [0.2, 0.25) is 0 Å². The summed E-state index contributed by atoms with van der Waals surface area (Å²) in [7, 11) is 0. The van der Waals surface area contributed by atoms with Gasteiger partial charge in [-0.2, -0.15) is 0 Å². The molecule has 3 nitrogen and oxygen atoms in total. The van der Waals surface area contributed by atoms with Crippen molar-refractivity contribution in [1.82, 2.24) is 15.0 Å². The van der Waals surface area contributed by atoms with Gasteiger partial charge in [-0.25, -0.2) is 0 Å². The summed E-state index contributed by atoms with van der Waals surface area (Å²) in [6.45, 7) is 0.484. The molecule has 7 aromatic rings. The maximum Gasteiger partial charge on any atom is 3.00 e. The van der Waals surface area contributed by atoms with Gasteiger partial charge in [0.25, 0.3) is 0 Å². The summed E-state index contributed by atoms with van der Waals surface area (Å²) in [5.41, 5.74) is 3.21. The van der Waals surface area contributed by atoms with Gasteiger partial charge < -0.3 is 15.0 Å². The predicted molar refractivity (Wildman–Crippen MR) is 204 cm³/mol. The Morgan fingerprint density at radius 3 is 1.92 bits per heavy atom. The van der Waals surface area contributed by atoms with Crippen molar-refractivity contribution in [2.75, 3.05) is 0 Å². The summed E-state index contributed by atoms with van der Waals surface area (Å²) in [5, 5.41) is 0. The third kappa shape index (κ3) is 12.0. The van der Waals surface area contributed by atoms with Crippen LogP contribution in [0.15, 0.2) is 146 Å². The van der Waals surface area contributed by atoms with E-state index in [0.717, 1.165) is 28.7 Å². The fraction of sp³-hybridized carbons (Fsp3) is 0.152. The molecule has 0 saturated carbocycles. The minimum atomic E-state index is -2.62. The van der Waals surface area contributed by atoms with E-state index in [1.54, 1.807) is 75.5 Å². The molecule has 0 aliphatic heterocycles. The van der Waals surface area contributed by atoms with Crippen LogP contribution < -0.4 is 0 Å². The molecule has 3 heterocycles. The van der Waals surface area contributed by atoms with Crippen molar-refractivity contribution < 1.29 is 39.6 Å². The van der Waals surface area contributed by atoms with Crippen molar-refractivity contribution >= 4 is 0 Å². The van der Waals surface area contributed by atoms with E-state index < -0.39 is 25.5 Å². The Morgan fingerprint density at radius 1 is 0.706 bits per heavy atom. The van der Waals surface area contributed by atoms with Gasteiger partial charge in [0, 0.05) is 35.4 Å². The van der Waals surface area contributed by atoms with Crippen molar-refractivity contribution in [3.63, 3.8) is 0 Å². The Hall–Kier alpha value is -5.09. The number of aromatic nitrogens is 3. The number of hydrogen-bond acceptors (Lipinski definition) is 3. The summed E-state index contributed by atoms with van der Waals surface area (Å²) in [6.07, 6.45) is 2.43. The van der Waals surface area contributed by atoms with Crippen LogP contribution in [-0.2, 0) is 26.5 Å². The maximum absolute atomic E-state index is 12.6. The minimum absolute atomic E-state index is 0. The maximum atomic E-state index is 12.6. The third-order valence-electron chi connectivity index (χ3n) is 6.78. The summed E-state index contributed by atoms with van der Waals surface area (Å²) in [5.74, 6) is -0.278. The smallest absolute Gasteiger partial charge is 0.305 e. The first-order valence-electron chi connectivity index (χ1n) is 21.2. The van der Waals surface area contributed by atoms with Crippen molar-refractivity contribution in [3.8, 4) is 44.9 Å². The Labute approximate surface area is 331 Å². The molecule has 0 bridgehead atoms. The monoisotopic (exact) mass is 858 g/mol. The SMILES string of the molecule is Fc1c[c-]c(-c2ccccn2)cc1.[2H]C([2H])([2H])c1ccc(-c2[c-]cccc2)nc1.[2H]c1cc(C([2H])([2H])C(C)(C)C)cc([2H])c1-c1c(C([2H])([2H])[2H])cnc(-c2[c-]cccc2)c1[2H].[Ir+3]. The standard InChI is InChI=1S/C23H24N.C12H10N.C11H7FN.Ir/c1-17-16-24-22(20-8-6-5-7-9-20)14-21(17)19-12-10-18(11-13-19)15-23(2,3)4;1-10-7-8-12(13-9-10)11-5-3-2-4-6-11;12-10-6-4-9(5-7-10)11-3-1-2-8-13-11;/h5-8,10-14,16H,15H2,1-4H3;2-5,7-9H,1H3;1-4,6-8H;/q3*-1;+3/i1D3,12D,13D,14D,15D2;1D3;;. The van der Waals surface area contributed by atoms with E-state index in [1.165, 1.54) is 30.5 Å². The number of rotatable bonds is 5. The van der Waals surface area contributed by atoms with Crippen molar-refractivity contribution in [3.05, 3.63) is 187 Å². The number of halogens is 1. The Bertz CT molecular complexity index is 2510. The molecule has 0 atom stereocenters. The first-order chi connectivity index (χ1) is 28.6. The van der Waals surface area contributed by atoms with Crippen LogP contribution in [0.4, 0.5) is 4.39 Å². The molecular weight excluding hydrogens is 806 g/mol. The third-order valence-corrected chi connectivity index (χ3v) is 6.78. The minimum Gasteiger partial charge on any atom is -0.305 e. The van der Waals surface area contributed by atoms with E-state index in [2.05, 4.69) is 33.2 Å². The molecule has 256 valence electrons. The van der Waals surface area contributed by atoms with E-state index in [1.807, 2.05) is 36.4 Å². The molecule has 7 rings (SSSR count). The van der Waals surface area contributed by atoms with Gasteiger partial charge in [0.1, 0.15) is 0 Å². The molecule has 4 aromatic carbocycles. The second-order valence-electron chi connectivity index (χ2n) is 11.9. The molecule has 0 unspecified atom stereocenters. The molecule has 0 aliphatic carbocycles. The summed E-state index contributed by atoms with van der Waals surface area (Å²) < 4.78 is 101. The Balaban J connectivity index is 0.000000233. The van der Waals surface area contributed by atoms with E-state index in [-0.39, 0.29) is 77.6 Å². The van der Waals surface area contributed by atoms with Crippen LogP contribution in [-0.4, -0.2) is 15.0 Å². The second-order valence-corrected chi connectivity index (χ2v) is 11.9. The van der Waals surface area contributed by atoms with Crippen LogP contribution in [0.1, 0.15) is 52.5 Å². The average molecular weight is 858 g/mol. The molecule has 0 saturated heterocycles. The molecule has 0 N–H and O–H groups in total. The van der Waals surface area contributed by atoms with Gasteiger partial charge in [-0.3, -0.25) is 4.39 Å². The number of benzene rings is 4. The topological polar surface area (TPSA) is 38.7 Å². The van der Waals surface area contributed by atoms with Gasteiger partial charge in [0.15, 0.2) is 0 Å². The van der Waals surface area contributed by atoms with Crippen molar-refractivity contribution in [2.24, 2.45) is 5.41 Å².